The highest BCUT2D eigenvalue weighted by molar-refractivity contribution is 8.26. The molecule has 1 saturated carbocycles. The Morgan fingerprint density at radius 2 is 2.12 bits per heavy atom. The predicted octanol–water partition coefficient (Wildman–Crippen LogP) is 3.15. The van der Waals surface area contributed by atoms with Gasteiger partial charge in [0.15, 0.2) is 5.17 Å². The van der Waals surface area contributed by atoms with Crippen molar-refractivity contribution in [2.24, 2.45) is 5.73 Å². The van der Waals surface area contributed by atoms with Gasteiger partial charge in [-0.1, -0.05) is 6.07 Å². The maximum atomic E-state index is 8.08. The van der Waals surface area contributed by atoms with E-state index in [1.54, 1.807) is 12.4 Å². The maximum Gasteiger partial charge on any atom is 0.157 e. The summed E-state index contributed by atoms with van der Waals surface area (Å²) in [4.78, 5) is 12.2. The van der Waals surface area contributed by atoms with Crippen molar-refractivity contribution in [3.63, 3.8) is 0 Å². The molecule has 6 N–H and O–H groups in total. The number of benzene rings is 1. The van der Waals surface area contributed by atoms with E-state index in [-0.39, 0.29) is 10.2 Å². The third kappa shape index (κ3) is 3.34. The molecular formula is C17H17N7S. The van der Waals surface area contributed by atoms with Crippen LogP contribution in [-0.4, -0.2) is 31.2 Å². The van der Waals surface area contributed by atoms with E-state index < -0.39 is 0 Å². The van der Waals surface area contributed by atoms with E-state index in [1.807, 2.05) is 24.4 Å². The fourth-order valence-electron chi connectivity index (χ4n) is 2.64. The average molecular weight is 351 g/mol. The van der Waals surface area contributed by atoms with Gasteiger partial charge in [0.2, 0.25) is 0 Å². The third-order valence-electron chi connectivity index (χ3n) is 4.00. The molecule has 3 aromatic rings. The van der Waals surface area contributed by atoms with Gasteiger partial charge in [0, 0.05) is 34.3 Å². The van der Waals surface area contributed by atoms with Crippen LogP contribution < -0.4 is 11.1 Å². The second kappa shape index (κ2) is 6.21. The minimum Gasteiger partial charge on any atom is -0.378 e. The van der Waals surface area contributed by atoms with Crippen LogP contribution >= 0.6 is 11.8 Å². The molecule has 0 spiro atoms. The lowest BCUT2D eigenvalue weighted by atomic mass is 10.1. The molecule has 0 bridgehead atoms. The molecular weight excluding hydrogens is 334 g/mol. The minimum absolute atomic E-state index is 0.0934. The van der Waals surface area contributed by atoms with Crippen LogP contribution in [0.5, 0.6) is 0 Å². The lowest BCUT2D eigenvalue weighted by Gasteiger charge is -2.06. The quantitative estimate of drug-likeness (QED) is 0.364. The molecule has 1 aliphatic rings. The molecule has 7 nitrogen and oxygen atoms in total. The number of fused-ring (bicyclic) bond motifs is 1. The van der Waals surface area contributed by atoms with E-state index in [4.69, 9.17) is 16.6 Å². The molecule has 25 heavy (non-hydrogen) atoms. The van der Waals surface area contributed by atoms with Crippen LogP contribution in [0.1, 0.15) is 18.4 Å². The summed E-state index contributed by atoms with van der Waals surface area (Å²) in [7, 11) is 0. The molecule has 1 fully saturated rings. The van der Waals surface area contributed by atoms with Crippen molar-refractivity contribution >= 4 is 38.7 Å². The van der Waals surface area contributed by atoms with Gasteiger partial charge in [0.05, 0.1) is 18.1 Å². The number of aromatic amines is 1. The molecule has 0 unspecified atom stereocenters. The Morgan fingerprint density at radius 1 is 1.28 bits per heavy atom. The topological polar surface area (TPSA) is 127 Å². The average Bonchev–Trinajstić information content (AvgIpc) is 3.30. The Kier molecular flexibility index (Phi) is 3.89. The van der Waals surface area contributed by atoms with E-state index in [9.17, 15) is 0 Å². The smallest absolute Gasteiger partial charge is 0.157 e. The Hall–Kier alpha value is -2.87. The molecule has 0 radical (unpaired) electrons. The molecule has 0 saturated heterocycles. The van der Waals surface area contributed by atoms with Gasteiger partial charge in [-0.3, -0.25) is 15.8 Å². The van der Waals surface area contributed by atoms with E-state index in [0.717, 1.165) is 39.7 Å². The van der Waals surface area contributed by atoms with Crippen LogP contribution in [0.2, 0.25) is 0 Å². The number of nitrogens with zero attached hydrogens (tertiary/aromatic N) is 2. The Morgan fingerprint density at radius 3 is 2.88 bits per heavy atom. The number of nitrogens with two attached hydrogens (primary N) is 1. The SMILES string of the molecule is N=C(N)SC(=N)c1ccc2[nH]cc(-c3cncc(NC4CC4)n3)c2c1. The van der Waals surface area contributed by atoms with Crippen LogP contribution in [-0.2, 0) is 0 Å². The number of anilines is 1. The lowest BCUT2D eigenvalue weighted by molar-refractivity contribution is 1.09. The standard InChI is InChI=1S/C17H17N7S/c18-16(25-17(19)20)9-1-4-13-11(5-9)12(6-22-13)14-7-21-8-15(24-14)23-10-2-3-10/h1,4-8,10,18,22H,2-3H2,(H3,19,20)(H,23,24). The summed E-state index contributed by atoms with van der Waals surface area (Å²) in [5.74, 6) is 0.783. The molecule has 2 aromatic heterocycles. The van der Waals surface area contributed by atoms with Gasteiger partial charge >= 0.3 is 0 Å². The predicted molar refractivity (Wildman–Crippen MR) is 102 cm³/mol. The molecule has 0 atom stereocenters. The molecule has 8 heteroatoms. The van der Waals surface area contributed by atoms with Crippen LogP contribution in [0.15, 0.2) is 36.8 Å². The second-order valence-corrected chi connectivity index (χ2v) is 7.02. The molecule has 4 rings (SSSR count). The van der Waals surface area contributed by atoms with Gasteiger partial charge in [0.25, 0.3) is 0 Å². The first-order valence-electron chi connectivity index (χ1n) is 7.91. The first-order chi connectivity index (χ1) is 12.1. The van der Waals surface area contributed by atoms with Crippen molar-refractivity contribution in [1.29, 1.82) is 10.8 Å². The monoisotopic (exact) mass is 351 g/mol. The van der Waals surface area contributed by atoms with Gasteiger partial charge in [0.1, 0.15) is 10.9 Å². The second-order valence-electron chi connectivity index (χ2n) is 5.97. The maximum absolute atomic E-state index is 8.08. The number of amidine groups is 1. The van der Waals surface area contributed by atoms with E-state index >= 15 is 0 Å². The number of H-pyrrole nitrogens is 1. The zero-order valence-corrected chi connectivity index (χ0v) is 14.2. The summed E-state index contributed by atoms with van der Waals surface area (Å²) in [6.45, 7) is 0. The van der Waals surface area contributed by atoms with Crippen LogP contribution in [0.3, 0.4) is 0 Å². The molecule has 126 valence electrons. The summed E-state index contributed by atoms with van der Waals surface area (Å²) >= 11 is 0.933. The molecule has 1 aliphatic carbocycles. The summed E-state index contributed by atoms with van der Waals surface area (Å²) in [6, 6.07) is 6.20. The van der Waals surface area contributed by atoms with Crippen LogP contribution in [0.25, 0.3) is 22.2 Å². The first kappa shape index (κ1) is 15.6. The van der Waals surface area contributed by atoms with Crippen molar-refractivity contribution in [2.75, 3.05) is 5.32 Å². The van der Waals surface area contributed by atoms with Crippen LogP contribution in [0, 0.1) is 10.8 Å². The van der Waals surface area contributed by atoms with E-state index in [1.165, 1.54) is 12.8 Å². The number of thioether (sulfide) groups is 1. The fourth-order valence-corrected chi connectivity index (χ4v) is 3.11. The Bertz CT molecular complexity index is 974. The summed E-state index contributed by atoms with van der Waals surface area (Å²) in [6.07, 6.45) is 7.74. The van der Waals surface area contributed by atoms with Crippen molar-refractivity contribution in [1.82, 2.24) is 15.0 Å². The summed E-state index contributed by atoms with van der Waals surface area (Å²) < 4.78 is 0. The number of hydrogen-bond donors (Lipinski definition) is 5. The molecule has 2 heterocycles. The molecule has 1 aromatic carbocycles. The van der Waals surface area contributed by atoms with E-state index in [0.29, 0.717) is 11.6 Å². The zero-order chi connectivity index (χ0) is 17.4. The Balaban J connectivity index is 1.71. The van der Waals surface area contributed by atoms with Gasteiger partial charge in [-0.15, -0.1) is 0 Å². The van der Waals surface area contributed by atoms with Gasteiger partial charge in [-0.25, -0.2) is 4.98 Å². The number of nitrogens with one attached hydrogen (secondary N) is 4. The largest absolute Gasteiger partial charge is 0.378 e. The summed E-state index contributed by atoms with van der Waals surface area (Å²) in [5, 5.41) is 19.9. The summed E-state index contributed by atoms with van der Waals surface area (Å²) in [5.41, 5.74) is 8.77. The highest BCUT2D eigenvalue weighted by Crippen LogP contribution is 2.30. The highest BCUT2D eigenvalue weighted by Gasteiger charge is 2.21. The number of rotatable bonds is 4. The van der Waals surface area contributed by atoms with Crippen molar-refractivity contribution in [3.05, 3.63) is 42.4 Å². The number of aromatic nitrogens is 3. The van der Waals surface area contributed by atoms with E-state index in [2.05, 4.69) is 20.3 Å². The van der Waals surface area contributed by atoms with Crippen molar-refractivity contribution < 1.29 is 0 Å². The molecule has 0 aliphatic heterocycles. The van der Waals surface area contributed by atoms with Crippen molar-refractivity contribution in [2.45, 2.75) is 18.9 Å². The van der Waals surface area contributed by atoms with Crippen LogP contribution in [0.4, 0.5) is 5.82 Å². The fraction of sp³-hybridized carbons (Fsp3) is 0.176. The zero-order valence-electron chi connectivity index (χ0n) is 13.3. The van der Waals surface area contributed by atoms with Gasteiger partial charge in [-0.2, -0.15) is 0 Å². The minimum atomic E-state index is -0.0934. The van der Waals surface area contributed by atoms with Gasteiger partial charge in [-0.05, 0) is 36.7 Å². The highest BCUT2D eigenvalue weighted by atomic mass is 32.2. The first-order valence-corrected chi connectivity index (χ1v) is 8.72. The Labute approximate surface area is 148 Å². The third-order valence-corrected chi connectivity index (χ3v) is 4.66. The lowest BCUT2D eigenvalue weighted by Crippen LogP contribution is -2.08. The normalized spacial score (nSPS) is 13.8. The van der Waals surface area contributed by atoms with Crippen molar-refractivity contribution in [3.8, 4) is 11.3 Å². The molecule has 0 amide bonds. The number of hydrogen-bond acceptors (Lipinski definition) is 6. The van der Waals surface area contributed by atoms with Gasteiger partial charge < -0.3 is 16.0 Å².